The van der Waals surface area contributed by atoms with E-state index >= 15 is 0 Å². The van der Waals surface area contributed by atoms with E-state index in [-0.39, 0.29) is 5.41 Å². The van der Waals surface area contributed by atoms with Crippen molar-refractivity contribution in [3.8, 4) is 0 Å². The first-order chi connectivity index (χ1) is 10.9. The summed E-state index contributed by atoms with van der Waals surface area (Å²) >= 11 is 0. The fourth-order valence-electron chi connectivity index (χ4n) is 3.06. The van der Waals surface area contributed by atoms with Gasteiger partial charge in [-0.15, -0.1) is 0 Å². The highest BCUT2D eigenvalue weighted by molar-refractivity contribution is 5.10. The van der Waals surface area contributed by atoms with Crippen molar-refractivity contribution in [1.82, 2.24) is 30.0 Å². The Kier molecular flexibility index (Phi) is 4.43. The van der Waals surface area contributed by atoms with Crippen molar-refractivity contribution in [2.24, 2.45) is 0 Å². The van der Waals surface area contributed by atoms with Crippen LogP contribution in [0.3, 0.4) is 0 Å². The molecule has 1 fully saturated rings. The Balaban J connectivity index is 1.66. The normalized spacial score (nSPS) is 19.9. The minimum absolute atomic E-state index is 0.0162. The van der Waals surface area contributed by atoms with Crippen molar-refractivity contribution >= 4 is 0 Å². The molecule has 0 radical (unpaired) electrons. The van der Waals surface area contributed by atoms with Crippen LogP contribution in [0.15, 0.2) is 12.3 Å². The van der Waals surface area contributed by atoms with Crippen LogP contribution in [0.25, 0.3) is 0 Å². The average Bonchev–Trinajstić information content (AvgIpc) is 2.96. The molecule has 0 amide bonds. The number of aromatic amines is 1. The van der Waals surface area contributed by atoms with Crippen LogP contribution in [0.2, 0.25) is 0 Å². The van der Waals surface area contributed by atoms with Gasteiger partial charge in [0.1, 0.15) is 11.6 Å². The van der Waals surface area contributed by atoms with Crippen LogP contribution >= 0.6 is 0 Å². The van der Waals surface area contributed by atoms with E-state index in [2.05, 4.69) is 50.8 Å². The predicted molar refractivity (Wildman–Crippen MR) is 89.1 cm³/mol. The second kappa shape index (κ2) is 6.35. The molecule has 2 aromatic rings. The number of H-pyrrole nitrogens is 1. The lowest BCUT2D eigenvalue weighted by Crippen LogP contribution is -2.34. The summed E-state index contributed by atoms with van der Waals surface area (Å²) in [5.74, 6) is 3.17. The number of rotatable bonds is 3. The molecule has 23 heavy (non-hydrogen) atoms. The SMILES string of the molecule is Cc1nccc(C2CCCN(Cc3nc(C(C)(C)C)n[nH]3)C2)n1. The van der Waals surface area contributed by atoms with Gasteiger partial charge in [-0.2, -0.15) is 5.10 Å². The van der Waals surface area contributed by atoms with E-state index in [4.69, 9.17) is 0 Å². The van der Waals surface area contributed by atoms with Crippen LogP contribution in [0.5, 0.6) is 0 Å². The number of nitrogens with one attached hydrogen (secondary N) is 1. The molecule has 1 aliphatic heterocycles. The van der Waals surface area contributed by atoms with Crippen LogP contribution in [0.4, 0.5) is 0 Å². The van der Waals surface area contributed by atoms with E-state index in [1.54, 1.807) is 0 Å². The van der Waals surface area contributed by atoms with Gasteiger partial charge >= 0.3 is 0 Å². The fourth-order valence-corrected chi connectivity index (χ4v) is 3.06. The Morgan fingerprint density at radius 1 is 1.30 bits per heavy atom. The zero-order valence-electron chi connectivity index (χ0n) is 14.5. The fraction of sp³-hybridized carbons (Fsp3) is 0.647. The molecule has 1 unspecified atom stereocenters. The maximum atomic E-state index is 4.65. The molecule has 1 atom stereocenters. The van der Waals surface area contributed by atoms with Crippen LogP contribution in [-0.2, 0) is 12.0 Å². The molecule has 1 aliphatic rings. The lowest BCUT2D eigenvalue weighted by atomic mass is 9.94. The summed E-state index contributed by atoms with van der Waals surface area (Å²) in [6.07, 6.45) is 4.24. The molecule has 0 bridgehead atoms. The zero-order chi connectivity index (χ0) is 16.4. The first-order valence-corrected chi connectivity index (χ1v) is 8.35. The lowest BCUT2D eigenvalue weighted by molar-refractivity contribution is 0.194. The minimum atomic E-state index is -0.0162. The molecule has 3 heterocycles. The van der Waals surface area contributed by atoms with Gasteiger partial charge in [0, 0.05) is 29.8 Å². The van der Waals surface area contributed by atoms with Gasteiger partial charge < -0.3 is 0 Å². The molecule has 0 saturated carbocycles. The highest BCUT2D eigenvalue weighted by Crippen LogP contribution is 2.26. The Bertz CT molecular complexity index is 657. The number of hydrogen-bond acceptors (Lipinski definition) is 5. The van der Waals surface area contributed by atoms with Crippen LogP contribution < -0.4 is 0 Å². The average molecular weight is 314 g/mol. The number of likely N-dealkylation sites (tertiary alicyclic amines) is 1. The van der Waals surface area contributed by atoms with E-state index in [1.807, 2.05) is 19.2 Å². The summed E-state index contributed by atoms with van der Waals surface area (Å²) in [6, 6.07) is 2.05. The molecule has 124 valence electrons. The van der Waals surface area contributed by atoms with Crippen LogP contribution in [-0.4, -0.2) is 43.1 Å². The van der Waals surface area contributed by atoms with Gasteiger partial charge in [0.25, 0.3) is 0 Å². The van der Waals surface area contributed by atoms with Crippen LogP contribution in [0.1, 0.15) is 62.7 Å². The zero-order valence-corrected chi connectivity index (χ0v) is 14.5. The van der Waals surface area contributed by atoms with Crippen molar-refractivity contribution < 1.29 is 0 Å². The summed E-state index contributed by atoms with van der Waals surface area (Å²) in [4.78, 5) is 15.9. The molecule has 1 saturated heterocycles. The Hall–Kier alpha value is -1.82. The standard InChI is InChI=1S/C17H26N6/c1-12-18-8-7-14(19-12)13-6-5-9-23(10-13)11-15-20-16(22-21-15)17(2,3)4/h7-8,13H,5-6,9-11H2,1-4H3,(H,20,21,22). The van der Waals surface area contributed by atoms with Gasteiger partial charge in [-0.25, -0.2) is 15.0 Å². The number of aryl methyl sites for hydroxylation is 1. The van der Waals surface area contributed by atoms with Gasteiger partial charge in [0.15, 0.2) is 5.82 Å². The number of nitrogens with zero attached hydrogens (tertiary/aromatic N) is 5. The molecular weight excluding hydrogens is 288 g/mol. The largest absolute Gasteiger partial charge is 0.295 e. The van der Waals surface area contributed by atoms with Gasteiger partial charge in [0.05, 0.1) is 6.54 Å². The number of hydrogen-bond donors (Lipinski definition) is 1. The van der Waals surface area contributed by atoms with E-state index < -0.39 is 0 Å². The molecule has 0 aromatic carbocycles. The smallest absolute Gasteiger partial charge is 0.156 e. The van der Waals surface area contributed by atoms with Crippen molar-refractivity contribution in [2.45, 2.75) is 58.4 Å². The molecule has 0 aliphatic carbocycles. The molecule has 0 spiro atoms. The van der Waals surface area contributed by atoms with E-state index in [1.165, 1.54) is 12.8 Å². The summed E-state index contributed by atoms with van der Waals surface area (Å²) in [7, 11) is 0. The van der Waals surface area contributed by atoms with Gasteiger partial charge in [-0.05, 0) is 32.4 Å². The first-order valence-electron chi connectivity index (χ1n) is 8.35. The quantitative estimate of drug-likeness (QED) is 0.943. The summed E-state index contributed by atoms with van der Waals surface area (Å²) in [5.41, 5.74) is 1.15. The second-order valence-corrected chi connectivity index (χ2v) is 7.46. The molecular formula is C17H26N6. The van der Waals surface area contributed by atoms with E-state index in [9.17, 15) is 0 Å². The van der Waals surface area contributed by atoms with Gasteiger partial charge in [0.2, 0.25) is 0 Å². The highest BCUT2D eigenvalue weighted by atomic mass is 15.3. The monoisotopic (exact) mass is 314 g/mol. The van der Waals surface area contributed by atoms with Crippen molar-refractivity contribution in [3.05, 3.63) is 35.4 Å². The van der Waals surface area contributed by atoms with Crippen molar-refractivity contribution in [3.63, 3.8) is 0 Å². The number of piperidine rings is 1. The third kappa shape index (κ3) is 3.93. The molecule has 1 N–H and O–H groups in total. The maximum Gasteiger partial charge on any atom is 0.156 e. The molecule has 6 heteroatoms. The first kappa shape index (κ1) is 16.1. The predicted octanol–water partition coefficient (Wildman–Crippen LogP) is 2.58. The summed E-state index contributed by atoms with van der Waals surface area (Å²) in [6.45, 7) is 11.3. The van der Waals surface area contributed by atoms with Gasteiger partial charge in [-0.1, -0.05) is 20.8 Å². The summed E-state index contributed by atoms with van der Waals surface area (Å²) < 4.78 is 0. The second-order valence-electron chi connectivity index (χ2n) is 7.46. The number of aromatic nitrogens is 5. The molecule has 6 nitrogen and oxygen atoms in total. The maximum absolute atomic E-state index is 4.65. The lowest BCUT2D eigenvalue weighted by Gasteiger charge is -2.31. The van der Waals surface area contributed by atoms with Crippen LogP contribution in [0, 0.1) is 6.92 Å². The molecule has 2 aromatic heterocycles. The Morgan fingerprint density at radius 3 is 2.83 bits per heavy atom. The van der Waals surface area contributed by atoms with Crippen molar-refractivity contribution in [1.29, 1.82) is 0 Å². The Morgan fingerprint density at radius 2 is 2.13 bits per heavy atom. The van der Waals surface area contributed by atoms with Crippen molar-refractivity contribution in [2.75, 3.05) is 13.1 Å². The molecule has 3 rings (SSSR count). The Labute approximate surface area is 137 Å². The van der Waals surface area contributed by atoms with E-state index in [0.717, 1.165) is 42.8 Å². The van der Waals surface area contributed by atoms with E-state index in [0.29, 0.717) is 5.92 Å². The highest BCUT2D eigenvalue weighted by Gasteiger charge is 2.24. The summed E-state index contributed by atoms with van der Waals surface area (Å²) in [5, 5.41) is 7.45. The third-order valence-electron chi connectivity index (χ3n) is 4.30. The minimum Gasteiger partial charge on any atom is -0.295 e. The third-order valence-corrected chi connectivity index (χ3v) is 4.30. The topological polar surface area (TPSA) is 70.6 Å². The van der Waals surface area contributed by atoms with Gasteiger partial charge in [-0.3, -0.25) is 10.00 Å².